The minimum atomic E-state index is -0.617. The van der Waals surface area contributed by atoms with Gasteiger partial charge in [0.15, 0.2) is 5.78 Å². The minimum absolute atomic E-state index is 0.0357. The van der Waals surface area contributed by atoms with Gasteiger partial charge in [-0.2, -0.15) is 10.4 Å². The quantitative estimate of drug-likeness (QED) is 0.554. The van der Waals surface area contributed by atoms with Crippen LogP contribution in [0.1, 0.15) is 35.8 Å². The maximum atomic E-state index is 14.2. The van der Waals surface area contributed by atoms with E-state index < -0.39 is 5.82 Å². The Hall–Kier alpha value is -3.54. The SMILES string of the molecule is CC(=O)c1cc(-c2ccc(C#N)c(F)c2)n(-c2ccc(N3CCC(OCCO)CC3)cc2)n1. The van der Waals surface area contributed by atoms with Crippen LogP contribution in [0.5, 0.6) is 0 Å². The van der Waals surface area contributed by atoms with Crippen LogP contribution in [0.4, 0.5) is 10.1 Å². The smallest absolute Gasteiger partial charge is 0.180 e. The Morgan fingerprint density at radius 3 is 2.48 bits per heavy atom. The number of hydrogen-bond acceptors (Lipinski definition) is 6. The third kappa shape index (κ3) is 4.95. The molecule has 0 saturated carbocycles. The molecule has 2 heterocycles. The van der Waals surface area contributed by atoms with Crippen LogP contribution in [-0.2, 0) is 4.74 Å². The summed E-state index contributed by atoms with van der Waals surface area (Å²) < 4.78 is 21.5. The molecule has 3 aromatic rings. The lowest BCUT2D eigenvalue weighted by molar-refractivity contribution is 0.0159. The van der Waals surface area contributed by atoms with Gasteiger partial charge in [0, 0.05) is 31.3 Å². The van der Waals surface area contributed by atoms with Crippen LogP contribution in [0.25, 0.3) is 16.9 Å². The standard InChI is InChI=1S/C25H25FN4O3/c1-17(32)24-15-25(18-2-3-19(16-27)23(26)14-18)30(28-24)21-6-4-20(5-7-21)29-10-8-22(9-11-29)33-13-12-31/h2-7,14-15,22,31H,8-13H2,1H3. The summed E-state index contributed by atoms with van der Waals surface area (Å²) in [6.07, 6.45) is 1.98. The molecule has 1 saturated heterocycles. The highest BCUT2D eigenvalue weighted by Crippen LogP contribution is 2.28. The topological polar surface area (TPSA) is 91.4 Å². The number of Topliss-reactive ketones (excluding diaryl/α,β-unsaturated/α-hetero) is 1. The molecule has 1 aliphatic heterocycles. The second-order valence-corrected chi connectivity index (χ2v) is 7.99. The van der Waals surface area contributed by atoms with Crippen molar-refractivity contribution in [3.05, 3.63) is 65.6 Å². The molecule has 7 nitrogen and oxygen atoms in total. The normalized spacial score (nSPS) is 14.3. The molecule has 8 heteroatoms. The summed E-state index contributed by atoms with van der Waals surface area (Å²) in [5.74, 6) is -0.805. The lowest BCUT2D eigenvalue weighted by atomic mass is 10.1. The number of aliphatic hydroxyl groups is 1. The van der Waals surface area contributed by atoms with Gasteiger partial charge in [-0.1, -0.05) is 6.07 Å². The predicted molar refractivity (Wildman–Crippen MR) is 122 cm³/mol. The second-order valence-electron chi connectivity index (χ2n) is 7.99. The number of carbonyl (C=O) groups excluding carboxylic acids is 1. The lowest BCUT2D eigenvalue weighted by Crippen LogP contribution is -2.37. The number of nitrogens with zero attached hydrogens (tertiary/aromatic N) is 4. The van der Waals surface area contributed by atoms with Gasteiger partial charge >= 0.3 is 0 Å². The minimum Gasteiger partial charge on any atom is -0.394 e. The molecule has 0 unspecified atom stereocenters. The Kier molecular flexibility index (Phi) is 6.82. The number of anilines is 1. The number of rotatable bonds is 7. The van der Waals surface area contributed by atoms with Crippen molar-refractivity contribution in [3.63, 3.8) is 0 Å². The maximum absolute atomic E-state index is 14.2. The van der Waals surface area contributed by atoms with Gasteiger partial charge in [0.1, 0.15) is 17.6 Å². The zero-order chi connectivity index (χ0) is 23.4. The summed E-state index contributed by atoms with van der Waals surface area (Å²) in [4.78, 5) is 14.3. The molecule has 0 aliphatic carbocycles. The van der Waals surface area contributed by atoms with Crippen molar-refractivity contribution < 1.29 is 19.0 Å². The van der Waals surface area contributed by atoms with Crippen molar-refractivity contribution in [1.82, 2.24) is 9.78 Å². The van der Waals surface area contributed by atoms with Gasteiger partial charge in [-0.15, -0.1) is 0 Å². The van der Waals surface area contributed by atoms with Crippen LogP contribution >= 0.6 is 0 Å². The highest BCUT2D eigenvalue weighted by Gasteiger charge is 2.20. The van der Waals surface area contributed by atoms with Crippen molar-refractivity contribution in [1.29, 1.82) is 5.26 Å². The van der Waals surface area contributed by atoms with E-state index in [-0.39, 0.29) is 29.8 Å². The number of ketones is 1. The Bertz CT molecular complexity index is 1180. The molecule has 0 atom stereocenters. The third-order valence-electron chi connectivity index (χ3n) is 5.80. The molecule has 4 rings (SSSR count). The Balaban J connectivity index is 1.59. The Morgan fingerprint density at radius 2 is 1.88 bits per heavy atom. The molecule has 1 N–H and O–H groups in total. The maximum Gasteiger partial charge on any atom is 0.180 e. The summed E-state index contributed by atoms with van der Waals surface area (Å²) in [7, 11) is 0. The number of nitriles is 1. The number of hydrogen-bond donors (Lipinski definition) is 1. The molecule has 0 amide bonds. The van der Waals surface area contributed by atoms with Crippen molar-refractivity contribution >= 4 is 11.5 Å². The fourth-order valence-corrected chi connectivity index (χ4v) is 4.03. The molecule has 0 spiro atoms. The molecule has 170 valence electrons. The molecule has 0 bridgehead atoms. The van der Waals surface area contributed by atoms with E-state index in [0.717, 1.165) is 37.3 Å². The van der Waals surface area contributed by atoms with Crippen LogP contribution < -0.4 is 4.90 Å². The summed E-state index contributed by atoms with van der Waals surface area (Å²) in [6.45, 7) is 3.57. The van der Waals surface area contributed by atoms with E-state index in [1.807, 2.05) is 30.3 Å². The van der Waals surface area contributed by atoms with Crippen molar-refractivity contribution in [2.45, 2.75) is 25.9 Å². The van der Waals surface area contributed by atoms with E-state index in [9.17, 15) is 9.18 Å². The molecule has 1 aromatic heterocycles. The Morgan fingerprint density at radius 1 is 1.18 bits per heavy atom. The van der Waals surface area contributed by atoms with Gasteiger partial charge in [-0.25, -0.2) is 9.07 Å². The van der Waals surface area contributed by atoms with E-state index in [1.165, 1.54) is 19.1 Å². The van der Waals surface area contributed by atoms with E-state index >= 15 is 0 Å². The summed E-state index contributed by atoms with van der Waals surface area (Å²) in [6, 6.07) is 15.7. The summed E-state index contributed by atoms with van der Waals surface area (Å²) in [5.41, 5.74) is 3.16. The van der Waals surface area contributed by atoms with E-state index in [1.54, 1.807) is 16.8 Å². The van der Waals surface area contributed by atoms with Crippen molar-refractivity contribution in [2.75, 3.05) is 31.2 Å². The highest BCUT2D eigenvalue weighted by atomic mass is 19.1. The van der Waals surface area contributed by atoms with Crippen LogP contribution in [0.2, 0.25) is 0 Å². The van der Waals surface area contributed by atoms with Gasteiger partial charge in [0.25, 0.3) is 0 Å². The monoisotopic (exact) mass is 448 g/mol. The zero-order valence-electron chi connectivity index (χ0n) is 18.4. The molecular formula is C25H25FN4O3. The molecular weight excluding hydrogens is 423 g/mol. The first kappa shape index (κ1) is 22.6. The first-order valence-electron chi connectivity index (χ1n) is 10.9. The molecule has 0 radical (unpaired) electrons. The van der Waals surface area contributed by atoms with E-state index in [4.69, 9.17) is 15.1 Å². The Labute approximate surface area is 191 Å². The van der Waals surface area contributed by atoms with Gasteiger partial charge in [0.2, 0.25) is 0 Å². The largest absolute Gasteiger partial charge is 0.394 e. The fraction of sp³-hybridized carbons (Fsp3) is 0.320. The molecule has 33 heavy (non-hydrogen) atoms. The zero-order valence-corrected chi connectivity index (χ0v) is 18.4. The van der Waals surface area contributed by atoms with Crippen LogP contribution in [-0.4, -0.2) is 53.1 Å². The van der Waals surface area contributed by atoms with Crippen LogP contribution in [0, 0.1) is 17.1 Å². The first-order valence-corrected chi connectivity index (χ1v) is 10.9. The third-order valence-corrected chi connectivity index (χ3v) is 5.80. The number of carbonyl (C=O) groups is 1. The van der Waals surface area contributed by atoms with Crippen LogP contribution in [0.3, 0.4) is 0 Å². The number of ether oxygens (including phenoxy) is 1. The predicted octanol–water partition coefficient (Wildman–Crippen LogP) is 3.73. The molecule has 2 aromatic carbocycles. The fourth-order valence-electron chi connectivity index (χ4n) is 4.03. The average Bonchev–Trinajstić information content (AvgIpc) is 3.29. The number of benzene rings is 2. The van der Waals surface area contributed by atoms with Gasteiger partial charge in [-0.3, -0.25) is 4.79 Å². The number of piperidine rings is 1. The van der Waals surface area contributed by atoms with Gasteiger partial charge < -0.3 is 14.7 Å². The van der Waals surface area contributed by atoms with Gasteiger partial charge in [0.05, 0.1) is 36.3 Å². The summed E-state index contributed by atoms with van der Waals surface area (Å²) >= 11 is 0. The van der Waals surface area contributed by atoms with Crippen molar-refractivity contribution in [3.8, 4) is 23.0 Å². The van der Waals surface area contributed by atoms with Crippen LogP contribution in [0.15, 0.2) is 48.5 Å². The molecule has 1 aliphatic rings. The average molecular weight is 448 g/mol. The second kappa shape index (κ2) is 9.94. The van der Waals surface area contributed by atoms with Crippen molar-refractivity contribution in [2.24, 2.45) is 0 Å². The number of aliphatic hydroxyl groups excluding tert-OH is 1. The summed E-state index contributed by atoms with van der Waals surface area (Å²) in [5, 5.41) is 22.4. The molecule has 1 fully saturated rings. The number of halogens is 1. The first-order chi connectivity index (χ1) is 16.0. The highest BCUT2D eigenvalue weighted by molar-refractivity contribution is 5.93. The van der Waals surface area contributed by atoms with E-state index in [0.29, 0.717) is 17.9 Å². The number of aromatic nitrogens is 2. The van der Waals surface area contributed by atoms with E-state index in [2.05, 4.69) is 10.00 Å². The van der Waals surface area contributed by atoms with Gasteiger partial charge in [-0.05, 0) is 55.3 Å². The lowest BCUT2D eigenvalue weighted by Gasteiger charge is -2.33.